The third kappa shape index (κ3) is 1.67. The van der Waals surface area contributed by atoms with E-state index in [4.69, 9.17) is 5.11 Å². The van der Waals surface area contributed by atoms with Crippen LogP contribution in [0, 0.1) is 0 Å². The molecule has 0 spiro atoms. The van der Waals surface area contributed by atoms with Crippen molar-refractivity contribution in [3.8, 4) is 0 Å². The number of benzene rings is 1. The lowest BCUT2D eigenvalue weighted by atomic mass is 10.0. The van der Waals surface area contributed by atoms with Crippen molar-refractivity contribution in [2.75, 3.05) is 0 Å². The van der Waals surface area contributed by atoms with Gasteiger partial charge in [0.25, 0.3) is 0 Å². The second-order valence-electron chi connectivity index (χ2n) is 2.82. The molecule has 1 rings (SSSR count). The average molecular weight is 162 g/mol. The third-order valence-electron chi connectivity index (χ3n) is 2.02. The molecule has 0 heterocycles. The minimum absolute atomic E-state index is 0.924. The highest BCUT2D eigenvalue weighted by atomic mass is 16.2. The van der Waals surface area contributed by atoms with Crippen LogP contribution in [0.4, 0.5) is 0 Å². The Hall–Kier alpha value is -1.24. The van der Waals surface area contributed by atoms with E-state index >= 15 is 0 Å². The zero-order valence-electron chi connectivity index (χ0n) is 7.54. The Morgan fingerprint density at radius 1 is 1.42 bits per heavy atom. The van der Waals surface area contributed by atoms with Gasteiger partial charge in [-0.05, 0) is 30.0 Å². The number of hydrogen-bond acceptors (Lipinski definition) is 1. The Bertz CT molecular complexity index is 287. The van der Waals surface area contributed by atoms with Crippen LogP contribution in [0.25, 0.3) is 5.57 Å². The molecule has 0 bridgehead atoms. The Labute approximate surface area is 73.4 Å². The summed E-state index contributed by atoms with van der Waals surface area (Å²) in [5.74, 6) is 0. The lowest BCUT2D eigenvalue weighted by Crippen LogP contribution is -1.88. The average Bonchev–Trinajstić information content (AvgIpc) is 2.16. The van der Waals surface area contributed by atoms with Crippen LogP contribution in [0.15, 0.2) is 30.5 Å². The Kier molecular flexibility index (Phi) is 2.92. The molecule has 0 unspecified atom stereocenters. The van der Waals surface area contributed by atoms with Crippen molar-refractivity contribution in [3.05, 3.63) is 41.7 Å². The van der Waals surface area contributed by atoms with Gasteiger partial charge in [-0.1, -0.05) is 31.2 Å². The molecule has 1 nitrogen and oxygen atoms in total. The maximum atomic E-state index is 8.85. The van der Waals surface area contributed by atoms with Crippen LogP contribution in [0.3, 0.4) is 0 Å². The van der Waals surface area contributed by atoms with E-state index in [-0.39, 0.29) is 0 Å². The molecular formula is C11H14O. The van der Waals surface area contributed by atoms with Crippen molar-refractivity contribution in [2.24, 2.45) is 0 Å². The van der Waals surface area contributed by atoms with E-state index in [9.17, 15) is 0 Å². The summed E-state index contributed by atoms with van der Waals surface area (Å²) in [5, 5.41) is 8.85. The normalized spacial score (nSPS) is 11.7. The van der Waals surface area contributed by atoms with Crippen molar-refractivity contribution >= 4 is 5.57 Å². The number of allylic oxidation sites excluding steroid dienone is 1. The molecule has 1 N–H and O–H groups in total. The van der Waals surface area contributed by atoms with Gasteiger partial charge in [0.2, 0.25) is 0 Å². The summed E-state index contributed by atoms with van der Waals surface area (Å²) in [6, 6.07) is 8.12. The number of aliphatic hydroxyl groups excluding tert-OH is 1. The molecule has 0 aliphatic heterocycles. The molecule has 0 saturated carbocycles. The largest absolute Gasteiger partial charge is 0.515 e. The van der Waals surface area contributed by atoms with Gasteiger partial charge in [0.05, 0.1) is 6.26 Å². The first-order valence-electron chi connectivity index (χ1n) is 4.18. The molecule has 0 aliphatic carbocycles. The fourth-order valence-corrected chi connectivity index (χ4v) is 1.28. The summed E-state index contributed by atoms with van der Waals surface area (Å²) in [7, 11) is 0. The van der Waals surface area contributed by atoms with Gasteiger partial charge in [0.1, 0.15) is 0 Å². The van der Waals surface area contributed by atoms with Crippen LogP contribution in [0.2, 0.25) is 0 Å². The quantitative estimate of drug-likeness (QED) is 0.662. The SMILES string of the molecule is CCc1ccccc1/C(C)=C\O. The molecule has 0 saturated heterocycles. The topological polar surface area (TPSA) is 20.2 Å². The summed E-state index contributed by atoms with van der Waals surface area (Å²) >= 11 is 0. The Morgan fingerprint density at radius 2 is 2.08 bits per heavy atom. The van der Waals surface area contributed by atoms with Gasteiger partial charge in [-0.15, -0.1) is 0 Å². The second kappa shape index (κ2) is 3.96. The molecule has 12 heavy (non-hydrogen) atoms. The maximum Gasteiger partial charge on any atom is 0.0826 e. The van der Waals surface area contributed by atoms with Gasteiger partial charge < -0.3 is 5.11 Å². The van der Waals surface area contributed by atoms with Crippen molar-refractivity contribution < 1.29 is 5.11 Å². The van der Waals surface area contributed by atoms with E-state index in [0.717, 1.165) is 23.8 Å². The molecule has 1 aromatic rings. The van der Waals surface area contributed by atoms with E-state index in [2.05, 4.69) is 13.0 Å². The number of hydrogen-bond donors (Lipinski definition) is 1. The molecule has 0 radical (unpaired) electrons. The second-order valence-corrected chi connectivity index (χ2v) is 2.82. The molecule has 1 heteroatoms. The molecule has 0 amide bonds. The molecule has 0 atom stereocenters. The van der Waals surface area contributed by atoms with Crippen molar-refractivity contribution in [1.82, 2.24) is 0 Å². The van der Waals surface area contributed by atoms with Crippen molar-refractivity contribution in [3.63, 3.8) is 0 Å². The molecule has 0 fully saturated rings. The highest BCUT2D eigenvalue weighted by Crippen LogP contribution is 2.18. The van der Waals surface area contributed by atoms with Crippen LogP contribution in [-0.2, 0) is 6.42 Å². The van der Waals surface area contributed by atoms with Gasteiger partial charge in [-0.25, -0.2) is 0 Å². The van der Waals surface area contributed by atoms with Gasteiger partial charge in [-0.2, -0.15) is 0 Å². The van der Waals surface area contributed by atoms with E-state index in [1.165, 1.54) is 5.56 Å². The monoisotopic (exact) mass is 162 g/mol. The fraction of sp³-hybridized carbons (Fsp3) is 0.273. The maximum absolute atomic E-state index is 8.85. The van der Waals surface area contributed by atoms with Crippen molar-refractivity contribution in [2.45, 2.75) is 20.3 Å². The zero-order chi connectivity index (χ0) is 8.97. The highest BCUT2D eigenvalue weighted by Gasteiger charge is 2.00. The standard InChI is InChI=1S/C11H14O/c1-3-10-6-4-5-7-11(10)9(2)8-12/h4-8,12H,3H2,1-2H3/b9-8-. The highest BCUT2D eigenvalue weighted by molar-refractivity contribution is 5.65. The van der Waals surface area contributed by atoms with Crippen LogP contribution < -0.4 is 0 Å². The van der Waals surface area contributed by atoms with E-state index in [0.29, 0.717) is 0 Å². The molecule has 1 aromatic carbocycles. The van der Waals surface area contributed by atoms with Gasteiger partial charge in [-0.3, -0.25) is 0 Å². The summed E-state index contributed by atoms with van der Waals surface area (Å²) in [4.78, 5) is 0. The molecule has 0 aliphatic rings. The van der Waals surface area contributed by atoms with E-state index in [1.54, 1.807) is 0 Å². The smallest absolute Gasteiger partial charge is 0.0826 e. The molecule has 0 aromatic heterocycles. The van der Waals surface area contributed by atoms with Crippen LogP contribution in [-0.4, -0.2) is 5.11 Å². The first-order chi connectivity index (χ1) is 5.79. The molecule has 64 valence electrons. The van der Waals surface area contributed by atoms with Gasteiger partial charge in [0.15, 0.2) is 0 Å². The fourth-order valence-electron chi connectivity index (χ4n) is 1.28. The minimum Gasteiger partial charge on any atom is -0.515 e. The lowest BCUT2D eigenvalue weighted by molar-refractivity contribution is 0.475. The van der Waals surface area contributed by atoms with Crippen LogP contribution >= 0.6 is 0 Å². The lowest BCUT2D eigenvalue weighted by Gasteiger charge is -2.05. The van der Waals surface area contributed by atoms with E-state index < -0.39 is 0 Å². The predicted molar refractivity (Wildman–Crippen MR) is 52.1 cm³/mol. The Balaban J connectivity index is 3.13. The summed E-state index contributed by atoms with van der Waals surface area (Å²) in [6.45, 7) is 4.03. The summed E-state index contributed by atoms with van der Waals surface area (Å²) in [5.41, 5.74) is 3.34. The van der Waals surface area contributed by atoms with Crippen LogP contribution in [0.1, 0.15) is 25.0 Å². The van der Waals surface area contributed by atoms with Crippen LogP contribution in [0.5, 0.6) is 0 Å². The van der Waals surface area contributed by atoms with Gasteiger partial charge in [0, 0.05) is 0 Å². The summed E-state index contributed by atoms with van der Waals surface area (Å²) < 4.78 is 0. The molecular weight excluding hydrogens is 148 g/mol. The van der Waals surface area contributed by atoms with Gasteiger partial charge >= 0.3 is 0 Å². The number of aliphatic hydroxyl groups is 1. The number of rotatable bonds is 2. The first-order valence-corrected chi connectivity index (χ1v) is 4.18. The Morgan fingerprint density at radius 3 is 2.67 bits per heavy atom. The predicted octanol–water partition coefficient (Wildman–Crippen LogP) is 3.17. The zero-order valence-corrected chi connectivity index (χ0v) is 7.54. The number of aryl methyl sites for hydroxylation is 1. The van der Waals surface area contributed by atoms with E-state index in [1.807, 2.05) is 25.1 Å². The van der Waals surface area contributed by atoms with Crippen molar-refractivity contribution in [1.29, 1.82) is 0 Å². The third-order valence-corrected chi connectivity index (χ3v) is 2.02. The minimum atomic E-state index is 0.924. The first kappa shape index (κ1) is 8.85. The summed E-state index contributed by atoms with van der Waals surface area (Å²) in [6.07, 6.45) is 2.16.